The van der Waals surface area contributed by atoms with E-state index in [9.17, 15) is 9.59 Å². The lowest BCUT2D eigenvalue weighted by Gasteiger charge is -2.32. The Morgan fingerprint density at radius 3 is 2.60 bits per heavy atom. The Kier molecular flexibility index (Phi) is 5.37. The standard InChI is InChI=1S/C14H26N4O2/c1-11(2)17(9-12-3-5-15-6-4-12)10-13(19)18-8-7-16-14(18)20/h11-12,15H,3-10H2,1-2H3,(H,16,20). The summed E-state index contributed by atoms with van der Waals surface area (Å²) in [5.74, 6) is 0.571. The topological polar surface area (TPSA) is 64.7 Å². The molecule has 0 saturated carbocycles. The van der Waals surface area contributed by atoms with Gasteiger partial charge in [0, 0.05) is 25.7 Å². The van der Waals surface area contributed by atoms with Crippen molar-refractivity contribution in [1.82, 2.24) is 20.4 Å². The second-order valence-corrected chi connectivity index (χ2v) is 5.99. The lowest BCUT2D eigenvalue weighted by molar-refractivity contribution is -0.129. The van der Waals surface area contributed by atoms with Crippen LogP contribution in [0, 0.1) is 5.92 Å². The Hall–Kier alpha value is -1.14. The van der Waals surface area contributed by atoms with E-state index < -0.39 is 0 Å². The van der Waals surface area contributed by atoms with Crippen LogP contribution in [-0.4, -0.2) is 67.0 Å². The largest absolute Gasteiger partial charge is 0.336 e. The Labute approximate surface area is 120 Å². The molecule has 2 N–H and O–H groups in total. The third kappa shape index (κ3) is 3.93. The van der Waals surface area contributed by atoms with E-state index in [1.54, 1.807) is 0 Å². The van der Waals surface area contributed by atoms with Crippen LogP contribution in [0.5, 0.6) is 0 Å². The number of carbonyl (C=O) groups excluding carboxylic acids is 2. The Morgan fingerprint density at radius 1 is 1.35 bits per heavy atom. The number of hydrogen-bond donors (Lipinski definition) is 2. The molecule has 2 aliphatic rings. The van der Waals surface area contributed by atoms with Gasteiger partial charge in [0.25, 0.3) is 0 Å². The number of urea groups is 1. The number of rotatable bonds is 5. The fourth-order valence-electron chi connectivity index (χ4n) is 2.82. The van der Waals surface area contributed by atoms with Crippen molar-refractivity contribution in [2.75, 3.05) is 39.3 Å². The minimum Gasteiger partial charge on any atom is -0.336 e. The zero-order valence-electron chi connectivity index (χ0n) is 12.5. The summed E-state index contributed by atoms with van der Waals surface area (Å²) in [6.07, 6.45) is 2.34. The lowest BCUT2D eigenvalue weighted by Crippen LogP contribution is -2.46. The van der Waals surface area contributed by atoms with Crippen molar-refractivity contribution < 1.29 is 9.59 Å². The van der Waals surface area contributed by atoms with Crippen molar-refractivity contribution in [3.05, 3.63) is 0 Å². The summed E-state index contributed by atoms with van der Waals surface area (Å²) >= 11 is 0. The lowest BCUT2D eigenvalue weighted by atomic mass is 9.97. The number of imide groups is 1. The molecule has 0 unspecified atom stereocenters. The minimum atomic E-state index is -0.249. The summed E-state index contributed by atoms with van der Waals surface area (Å²) in [6.45, 7) is 8.71. The third-order valence-electron chi connectivity index (χ3n) is 4.18. The zero-order chi connectivity index (χ0) is 14.5. The first kappa shape index (κ1) is 15.3. The number of amides is 3. The van der Waals surface area contributed by atoms with Crippen molar-refractivity contribution >= 4 is 11.9 Å². The highest BCUT2D eigenvalue weighted by molar-refractivity contribution is 5.96. The molecule has 0 aliphatic carbocycles. The maximum Gasteiger partial charge on any atom is 0.324 e. The van der Waals surface area contributed by atoms with E-state index in [0.29, 0.717) is 31.6 Å². The second kappa shape index (κ2) is 7.04. The van der Waals surface area contributed by atoms with E-state index in [2.05, 4.69) is 29.4 Å². The summed E-state index contributed by atoms with van der Waals surface area (Å²) in [4.78, 5) is 27.3. The summed E-state index contributed by atoms with van der Waals surface area (Å²) in [5.41, 5.74) is 0. The summed E-state index contributed by atoms with van der Waals surface area (Å²) in [6, 6.07) is 0.0695. The average Bonchev–Trinajstić information content (AvgIpc) is 2.85. The molecule has 0 aromatic heterocycles. The molecule has 3 amide bonds. The highest BCUT2D eigenvalue weighted by atomic mass is 16.2. The molecule has 0 aromatic rings. The van der Waals surface area contributed by atoms with Gasteiger partial charge < -0.3 is 10.6 Å². The number of nitrogens with zero attached hydrogens (tertiary/aromatic N) is 2. The van der Waals surface area contributed by atoms with Crippen LogP contribution >= 0.6 is 0 Å². The molecular formula is C14H26N4O2. The molecule has 0 spiro atoms. The van der Waals surface area contributed by atoms with E-state index in [-0.39, 0.29) is 11.9 Å². The molecule has 114 valence electrons. The van der Waals surface area contributed by atoms with Crippen LogP contribution in [0.3, 0.4) is 0 Å². The third-order valence-corrected chi connectivity index (χ3v) is 4.18. The second-order valence-electron chi connectivity index (χ2n) is 5.99. The molecule has 2 saturated heterocycles. The van der Waals surface area contributed by atoms with Crippen molar-refractivity contribution in [3.63, 3.8) is 0 Å². The van der Waals surface area contributed by atoms with Crippen LogP contribution in [0.25, 0.3) is 0 Å². The average molecular weight is 282 g/mol. The molecule has 2 heterocycles. The van der Waals surface area contributed by atoms with E-state index >= 15 is 0 Å². The van der Waals surface area contributed by atoms with Gasteiger partial charge in [0.05, 0.1) is 6.54 Å². The van der Waals surface area contributed by atoms with Crippen molar-refractivity contribution in [2.24, 2.45) is 5.92 Å². The minimum absolute atomic E-state index is 0.0809. The Bertz CT molecular complexity index is 353. The first-order valence-corrected chi connectivity index (χ1v) is 7.61. The summed E-state index contributed by atoms with van der Waals surface area (Å²) in [7, 11) is 0. The molecule has 0 aromatic carbocycles. The number of piperidine rings is 1. The van der Waals surface area contributed by atoms with Crippen molar-refractivity contribution in [2.45, 2.75) is 32.7 Å². The predicted molar refractivity (Wildman–Crippen MR) is 77.4 cm³/mol. The highest BCUT2D eigenvalue weighted by Gasteiger charge is 2.29. The van der Waals surface area contributed by atoms with E-state index in [4.69, 9.17) is 0 Å². The number of carbonyl (C=O) groups is 2. The van der Waals surface area contributed by atoms with Crippen LogP contribution in [0.4, 0.5) is 4.79 Å². The van der Waals surface area contributed by atoms with Crippen molar-refractivity contribution in [3.8, 4) is 0 Å². The van der Waals surface area contributed by atoms with Crippen LogP contribution < -0.4 is 10.6 Å². The maximum atomic E-state index is 12.2. The van der Waals surface area contributed by atoms with Gasteiger partial charge in [0.15, 0.2) is 0 Å². The van der Waals surface area contributed by atoms with E-state index in [1.165, 1.54) is 17.7 Å². The fourth-order valence-corrected chi connectivity index (χ4v) is 2.82. The van der Waals surface area contributed by atoms with Gasteiger partial charge in [-0.2, -0.15) is 0 Å². The van der Waals surface area contributed by atoms with Gasteiger partial charge in [-0.05, 0) is 45.7 Å². The zero-order valence-corrected chi connectivity index (χ0v) is 12.5. The van der Waals surface area contributed by atoms with Gasteiger partial charge >= 0.3 is 6.03 Å². The quantitative estimate of drug-likeness (QED) is 0.758. The van der Waals surface area contributed by atoms with Gasteiger partial charge in [-0.25, -0.2) is 4.79 Å². The monoisotopic (exact) mass is 282 g/mol. The molecule has 0 bridgehead atoms. The molecule has 2 rings (SSSR count). The molecule has 2 aliphatic heterocycles. The molecule has 0 radical (unpaired) electrons. The van der Waals surface area contributed by atoms with E-state index in [1.807, 2.05) is 0 Å². The Morgan fingerprint density at radius 2 is 2.05 bits per heavy atom. The smallest absolute Gasteiger partial charge is 0.324 e. The predicted octanol–water partition coefficient (Wildman–Crippen LogP) is 0.248. The van der Waals surface area contributed by atoms with Crippen molar-refractivity contribution in [1.29, 1.82) is 0 Å². The highest BCUT2D eigenvalue weighted by Crippen LogP contribution is 2.15. The molecule has 6 heteroatoms. The number of nitrogens with one attached hydrogen (secondary N) is 2. The van der Waals surface area contributed by atoms with Gasteiger partial charge in [-0.15, -0.1) is 0 Å². The first-order chi connectivity index (χ1) is 9.58. The Balaban J connectivity index is 1.87. The SMILES string of the molecule is CC(C)N(CC(=O)N1CCNC1=O)CC1CCNCC1. The fraction of sp³-hybridized carbons (Fsp3) is 0.857. The molecule has 2 fully saturated rings. The maximum absolute atomic E-state index is 12.2. The van der Waals surface area contributed by atoms with Crippen LogP contribution in [0.15, 0.2) is 0 Å². The summed E-state index contributed by atoms with van der Waals surface area (Å²) in [5, 5.41) is 6.04. The molecule has 6 nitrogen and oxygen atoms in total. The number of hydrogen-bond acceptors (Lipinski definition) is 4. The summed E-state index contributed by atoms with van der Waals surface area (Å²) < 4.78 is 0. The molecular weight excluding hydrogens is 256 g/mol. The molecule has 20 heavy (non-hydrogen) atoms. The molecule has 0 atom stereocenters. The van der Waals surface area contributed by atoms with Gasteiger partial charge in [0.1, 0.15) is 0 Å². The van der Waals surface area contributed by atoms with Gasteiger partial charge in [-0.1, -0.05) is 0 Å². The van der Waals surface area contributed by atoms with Crippen LogP contribution in [-0.2, 0) is 4.79 Å². The normalized spacial score (nSPS) is 20.8. The van der Waals surface area contributed by atoms with Crippen LogP contribution in [0.1, 0.15) is 26.7 Å². The van der Waals surface area contributed by atoms with Crippen LogP contribution in [0.2, 0.25) is 0 Å². The van der Waals surface area contributed by atoms with Gasteiger partial charge in [-0.3, -0.25) is 14.6 Å². The first-order valence-electron chi connectivity index (χ1n) is 7.61. The van der Waals surface area contributed by atoms with Gasteiger partial charge in [0.2, 0.25) is 5.91 Å². The van der Waals surface area contributed by atoms with E-state index in [0.717, 1.165) is 19.6 Å².